The number of carbonyl (C=O) groups excluding carboxylic acids is 2. The lowest BCUT2D eigenvalue weighted by Crippen LogP contribution is -2.38. The lowest BCUT2D eigenvalue weighted by molar-refractivity contribution is -0.125. The molecule has 0 bridgehead atoms. The van der Waals surface area contributed by atoms with Crippen LogP contribution < -0.4 is 19.5 Å². The van der Waals surface area contributed by atoms with Crippen molar-refractivity contribution in [1.29, 1.82) is 0 Å². The highest BCUT2D eigenvalue weighted by Gasteiger charge is 2.22. The summed E-state index contributed by atoms with van der Waals surface area (Å²) >= 11 is 0. The van der Waals surface area contributed by atoms with Crippen LogP contribution in [0.15, 0.2) is 12.1 Å². The van der Waals surface area contributed by atoms with Crippen molar-refractivity contribution < 1.29 is 28.5 Å². The van der Waals surface area contributed by atoms with Crippen molar-refractivity contribution in [2.45, 2.75) is 26.8 Å². The SMILES string of the molecule is COc1cc(C(=O)OCC(=O)NC(C)C(C)C)cc2c1OCCO2. The van der Waals surface area contributed by atoms with Crippen molar-refractivity contribution in [2.75, 3.05) is 26.9 Å². The predicted octanol–water partition coefficient (Wildman–Crippen LogP) is 1.78. The third kappa shape index (κ3) is 4.31. The predicted molar refractivity (Wildman–Crippen MR) is 86.7 cm³/mol. The average Bonchev–Trinajstić information content (AvgIpc) is 2.58. The van der Waals surface area contributed by atoms with Crippen molar-refractivity contribution >= 4 is 11.9 Å². The molecular formula is C17H23NO6. The summed E-state index contributed by atoms with van der Waals surface area (Å²) in [6.45, 7) is 6.37. The van der Waals surface area contributed by atoms with Gasteiger partial charge in [0.15, 0.2) is 18.1 Å². The first-order chi connectivity index (χ1) is 11.4. The molecule has 24 heavy (non-hydrogen) atoms. The molecule has 0 saturated carbocycles. The first-order valence-corrected chi connectivity index (χ1v) is 7.86. The summed E-state index contributed by atoms with van der Waals surface area (Å²) in [5, 5.41) is 2.77. The number of amides is 1. The maximum absolute atomic E-state index is 12.2. The third-order valence-electron chi connectivity index (χ3n) is 3.79. The molecular weight excluding hydrogens is 314 g/mol. The molecule has 0 saturated heterocycles. The molecule has 1 heterocycles. The van der Waals surface area contributed by atoms with Crippen LogP contribution in [0.4, 0.5) is 0 Å². The van der Waals surface area contributed by atoms with Gasteiger partial charge in [-0.1, -0.05) is 13.8 Å². The highest BCUT2D eigenvalue weighted by molar-refractivity contribution is 5.92. The number of hydrogen-bond acceptors (Lipinski definition) is 6. The first-order valence-electron chi connectivity index (χ1n) is 7.86. The Morgan fingerprint density at radius 1 is 1.21 bits per heavy atom. The number of benzene rings is 1. The summed E-state index contributed by atoms with van der Waals surface area (Å²) < 4.78 is 21.2. The molecule has 1 aromatic carbocycles. The number of methoxy groups -OCH3 is 1. The topological polar surface area (TPSA) is 83.1 Å². The van der Waals surface area contributed by atoms with E-state index in [0.29, 0.717) is 36.4 Å². The van der Waals surface area contributed by atoms with Crippen LogP contribution in [0.3, 0.4) is 0 Å². The van der Waals surface area contributed by atoms with E-state index in [-0.39, 0.29) is 24.1 Å². The minimum Gasteiger partial charge on any atom is -0.493 e. The quantitative estimate of drug-likeness (QED) is 0.797. The molecule has 1 aromatic rings. The van der Waals surface area contributed by atoms with Crippen LogP contribution in [0.5, 0.6) is 17.2 Å². The zero-order valence-electron chi connectivity index (χ0n) is 14.4. The van der Waals surface area contributed by atoms with Gasteiger partial charge in [-0.3, -0.25) is 4.79 Å². The Hall–Kier alpha value is -2.44. The second-order valence-electron chi connectivity index (χ2n) is 5.88. The van der Waals surface area contributed by atoms with Gasteiger partial charge >= 0.3 is 5.97 Å². The van der Waals surface area contributed by atoms with Crippen LogP contribution in [0.25, 0.3) is 0 Å². The fourth-order valence-electron chi connectivity index (χ4n) is 2.07. The number of rotatable bonds is 6. The molecule has 0 spiro atoms. The molecule has 132 valence electrons. The maximum atomic E-state index is 12.2. The summed E-state index contributed by atoms with van der Waals surface area (Å²) in [4.78, 5) is 24.0. The molecule has 1 aliphatic rings. The van der Waals surface area contributed by atoms with E-state index in [9.17, 15) is 9.59 Å². The summed E-state index contributed by atoms with van der Waals surface area (Å²) in [6, 6.07) is 3.03. The number of carbonyl (C=O) groups is 2. The fraction of sp³-hybridized carbons (Fsp3) is 0.529. The summed E-state index contributed by atoms with van der Waals surface area (Å²) in [5.41, 5.74) is 0.237. The molecule has 1 aliphatic heterocycles. The second-order valence-corrected chi connectivity index (χ2v) is 5.88. The standard InChI is InChI=1S/C17H23NO6/c1-10(2)11(3)18-15(19)9-24-17(20)12-7-13(21-4)16-14(8-12)22-5-6-23-16/h7-8,10-11H,5-6,9H2,1-4H3,(H,18,19). The summed E-state index contributed by atoms with van der Waals surface area (Å²) in [6.07, 6.45) is 0. The van der Waals surface area contributed by atoms with Crippen LogP contribution in [0.1, 0.15) is 31.1 Å². The fourth-order valence-corrected chi connectivity index (χ4v) is 2.07. The Labute approximate surface area is 141 Å². The van der Waals surface area contributed by atoms with E-state index in [1.807, 2.05) is 20.8 Å². The van der Waals surface area contributed by atoms with Gasteiger partial charge in [-0.25, -0.2) is 4.79 Å². The molecule has 7 nitrogen and oxygen atoms in total. The Morgan fingerprint density at radius 3 is 2.58 bits per heavy atom. The van der Waals surface area contributed by atoms with Crippen LogP contribution in [0.2, 0.25) is 0 Å². The molecule has 0 radical (unpaired) electrons. The van der Waals surface area contributed by atoms with E-state index >= 15 is 0 Å². The van der Waals surface area contributed by atoms with E-state index in [0.717, 1.165) is 0 Å². The van der Waals surface area contributed by atoms with Crippen molar-refractivity contribution in [3.63, 3.8) is 0 Å². The molecule has 2 rings (SSSR count). The van der Waals surface area contributed by atoms with Gasteiger partial charge in [0, 0.05) is 6.04 Å². The molecule has 0 aromatic heterocycles. The molecule has 1 unspecified atom stereocenters. The number of hydrogen-bond donors (Lipinski definition) is 1. The summed E-state index contributed by atoms with van der Waals surface area (Å²) in [7, 11) is 1.48. The zero-order chi connectivity index (χ0) is 17.7. The Morgan fingerprint density at radius 2 is 1.92 bits per heavy atom. The summed E-state index contributed by atoms with van der Waals surface area (Å²) in [5.74, 6) is 0.602. The van der Waals surface area contributed by atoms with Crippen molar-refractivity contribution in [3.05, 3.63) is 17.7 Å². The van der Waals surface area contributed by atoms with E-state index in [1.165, 1.54) is 19.2 Å². The Bertz CT molecular complexity index is 596. The molecule has 0 aliphatic carbocycles. The minimum atomic E-state index is -0.627. The van der Waals surface area contributed by atoms with Crippen molar-refractivity contribution in [3.8, 4) is 17.2 Å². The first kappa shape index (κ1) is 17.9. The van der Waals surface area contributed by atoms with Gasteiger partial charge < -0.3 is 24.3 Å². The largest absolute Gasteiger partial charge is 0.493 e. The highest BCUT2D eigenvalue weighted by atomic mass is 16.6. The molecule has 7 heteroatoms. The minimum absolute atomic E-state index is 0.00518. The van der Waals surface area contributed by atoms with Crippen LogP contribution in [0, 0.1) is 5.92 Å². The van der Waals surface area contributed by atoms with Crippen molar-refractivity contribution in [2.24, 2.45) is 5.92 Å². The number of ether oxygens (including phenoxy) is 4. The van der Waals surface area contributed by atoms with Gasteiger partial charge in [0.05, 0.1) is 12.7 Å². The molecule has 1 amide bonds. The Balaban J connectivity index is 2.01. The van der Waals surface area contributed by atoms with Crippen molar-refractivity contribution in [1.82, 2.24) is 5.32 Å². The molecule has 1 N–H and O–H groups in total. The number of esters is 1. The monoisotopic (exact) mass is 337 g/mol. The number of fused-ring (bicyclic) bond motifs is 1. The number of nitrogens with one attached hydrogen (secondary N) is 1. The van der Waals surface area contributed by atoms with Gasteiger partial charge in [0.25, 0.3) is 5.91 Å². The lowest BCUT2D eigenvalue weighted by Gasteiger charge is -2.21. The van der Waals surface area contributed by atoms with E-state index < -0.39 is 5.97 Å². The van der Waals surface area contributed by atoms with Crippen LogP contribution >= 0.6 is 0 Å². The van der Waals surface area contributed by atoms with Crippen LogP contribution in [-0.2, 0) is 9.53 Å². The lowest BCUT2D eigenvalue weighted by atomic mass is 10.1. The van der Waals surface area contributed by atoms with Crippen LogP contribution in [-0.4, -0.2) is 44.8 Å². The smallest absolute Gasteiger partial charge is 0.338 e. The normalized spacial score (nSPS) is 14.0. The average molecular weight is 337 g/mol. The molecule has 1 atom stereocenters. The van der Waals surface area contributed by atoms with Gasteiger partial charge in [-0.05, 0) is 25.0 Å². The zero-order valence-corrected chi connectivity index (χ0v) is 14.4. The van der Waals surface area contributed by atoms with E-state index in [1.54, 1.807) is 0 Å². The highest BCUT2D eigenvalue weighted by Crippen LogP contribution is 2.40. The Kier molecular flexibility index (Phi) is 5.89. The van der Waals surface area contributed by atoms with Gasteiger partial charge in [-0.2, -0.15) is 0 Å². The maximum Gasteiger partial charge on any atom is 0.338 e. The van der Waals surface area contributed by atoms with E-state index in [4.69, 9.17) is 18.9 Å². The van der Waals surface area contributed by atoms with E-state index in [2.05, 4.69) is 5.32 Å². The third-order valence-corrected chi connectivity index (χ3v) is 3.79. The molecule has 0 fully saturated rings. The van der Waals surface area contributed by atoms with Gasteiger partial charge in [0.1, 0.15) is 13.2 Å². The second kappa shape index (κ2) is 7.90. The van der Waals surface area contributed by atoms with Gasteiger partial charge in [-0.15, -0.1) is 0 Å². The van der Waals surface area contributed by atoms with Gasteiger partial charge in [0.2, 0.25) is 5.75 Å².